The van der Waals surface area contributed by atoms with Gasteiger partial charge in [-0.1, -0.05) is 6.92 Å². The van der Waals surface area contributed by atoms with Crippen molar-refractivity contribution in [1.82, 2.24) is 9.78 Å². The predicted octanol–water partition coefficient (Wildman–Crippen LogP) is 0.978. The van der Waals surface area contributed by atoms with Crippen molar-refractivity contribution in [1.29, 1.82) is 0 Å². The Bertz CT molecular complexity index is 334. The van der Waals surface area contributed by atoms with Crippen LogP contribution in [0.1, 0.15) is 6.92 Å². The molecule has 0 bridgehead atoms. The van der Waals surface area contributed by atoms with Crippen LogP contribution < -0.4 is 5.32 Å². The molecular formula is C11H19N3O2. The molecule has 1 aliphatic rings. The maximum atomic E-state index is 5.21. The molecule has 90 valence electrons. The first-order valence-electron chi connectivity index (χ1n) is 5.55. The van der Waals surface area contributed by atoms with E-state index in [4.69, 9.17) is 9.47 Å². The number of rotatable bonds is 6. The highest BCUT2D eigenvalue weighted by atomic mass is 16.5. The van der Waals surface area contributed by atoms with E-state index in [1.54, 1.807) is 7.11 Å². The quantitative estimate of drug-likeness (QED) is 0.784. The third-order valence-corrected chi connectivity index (χ3v) is 2.78. The van der Waals surface area contributed by atoms with Crippen molar-refractivity contribution in [2.45, 2.75) is 13.5 Å². The van der Waals surface area contributed by atoms with E-state index in [2.05, 4.69) is 17.3 Å². The van der Waals surface area contributed by atoms with Crippen LogP contribution in [0.5, 0.6) is 0 Å². The molecule has 0 atom stereocenters. The molecule has 0 radical (unpaired) electrons. The molecule has 1 aromatic rings. The van der Waals surface area contributed by atoms with E-state index < -0.39 is 0 Å². The van der Waals surface area contributed by atoms with E-state index in [0.717, 1.165) is 32.0 Å². The minimum Gasteiger partial charge on any atom is -0.383 e. The van der Waals surface area contributed by atoms with Gasteiger partial charge in [-0.2, -0.15) is 5.10 Å². The molecule has 0 aliphatic carbocycles. The lowest BCUT2D eigenvalue weighted by Crippen LogP contribution is -2.45. The second kappa shape index (κ2) is 4.84. The summed E-state index contributed by atoms with van der Waals surface area (Å²) >= 11 is 0. The summed E-state index contributed by atoms with van der Waals surface area (Å²) in [6.07, 6.45) is 3.85. The summed E-state index contributed by atoms with van der Waals surface area (Å²) in [5.74, 6) is 0. The highest BCUT2D eigenvalue weighted by Crippen LogP contribution is 2.26. The zero-order chi connectivity index (χ0) is 11.4. The molecule has 0 aromatic carbocycles. The molecule has 2 rings (SSSR count). The number of methoxy groups -OCH3 is 1. The van der Waals surface area contributed by atoms with Gasteiger partial charge in [0.25, 0.3) is 0 Å². The van der Waals surface area contributed by atoms with Crippen LogP contribution in [0.4, 0.5) is 5.69 Å². The summed E-state index contributed by atoms with van der Waals surface area (Å²) in [5.41, 5.74) is 1.35. The Kier molecular flexibility index (Phi) is 3.46. The summed E-state index contributed by atoms with van der Waals surface area (Å²) in [7, 11) is 1.69. The Morgan fingerprint density at radius 3 is 3.06 bits per heavy atom. The average molecular weight is 225 g/mol. The zero-order valence-corrected chi connectivity index (χ0v) is 9.90. The number of hydrogen-bond donors (Lipinski definition) is 1. The predicted molar refractivity (Wildman–Crippen MR) is 61.5 cm³/mol. The second-order valence-corrected chi connectivity index (χ2v) is 4.64. The molecule has 5 nitrogen and oxygen atoms in total. The normalized spacial score (nSPS) is 18.1. The first kappa shape index (κ1) is 11.4. The summed E-state index contributed by atoms with van der Waals surface area (Å²) < 4.78 is 12.1. The van der Waals surface area contributed by atoms with Gasteiger partial charge in [-0.15, -0.1) is 0 Å². The first-order valence-corrected chi connectivity index (χ1v) is 5.55. The van der Waals surface area contributed by atoms with Crippen molar-refractivity contribution in [2.24, 2.45) is 5.41 Å². The highest BCUT2D eigenvalue weighted by molar-refractivity contribution is 5.38. The van der Waals surface area contributed by atoms with Gasteiger partial charge in [-0.3, -0.25) is 4.68 Å². The summed E-state index contributed by atoms with van der Waals surface area (Å²) in [4.78, 5) is 0. The number of nitrogens with one attached hydrogen (secondary N) is 1. The lowest BCUT2D eigenvalue weighted by Gasteiger charge is -2.38. The molecule has 0 unspecified atom stereocenters. The van der Waals surface area contributed by atoms with Gasteiger partial charge in [-0.25, -0.2) is 0 Å². The number of anilines is 1. The number of aromatic nitrogens is 2. The number of ether oxygens (including phenoxy) is 2. The molecule has 0 saturated carbocycles. The maximum absolute atomic E-state index is 5.21. The van der Waals surface area contributed by atoms with E-state index >= 15 is 0 Å². The van der Waals surface area contributed by atoms with E-state index in [0.29, 0.717) is 6.61 Å². The van der Waals surface area contributed by atoms with Crippen molar-refractivity contribution in [3.63, 3.8) is 0 Å². The van der Waals surface area contributed by atoms with Crippen molar-refractivity contribution in [3.8, 4) is 0 Å². The van der Waals surface area contributed by atoms with Gasteiger partial charge < -0.3 is 14.8 Å². The van der Waals surface area contributed by atoms with E-state index in [9.17, 15) is 0 Å². The Morgan fingerprint density at radius 1 is 1.62 bits per heavy atom. The van der Waals surface area contributed by atoms with Crippen LogP contribution in [-0.4, -0.2) is 43.3 Å². The van der Waals surface area contributed by atoms with E-state index in [-0.39, 0.29) is 5.41 Å². The first-order chi connectivity index (χ1) is 7.72. The van der Waals surface area contributed by atoms with Gasteiger partial charge in [0.1, 0.15) is 0 Å². The second-order valence-electron chi connectivity index (χ2n) is 4.64. The van der Waals surface area contributed by atoms with Crippen LogP contribution in [0.15, 0.2) is 12.4 Å². The highest BCUT2D eigenvalue weighted by Gasteiger charge is 2.32. The minimum atomic E-state index is 0.286. The van der Waals surface area contributed by atoms with Gasteiger partial charge in [0, 0.05) is 25.3 Å². The van der Waals surface area contributed by atoms with E-state index in [1.807, 2.05) is 17.1 Å². The molecule has 1 fully saturated rings. The van der Waals surface area contributed by atoms with Gasteiger partial charge >= 0.3 is 0 Å². The van der Waals surface area contributed by atoms with Crippen LogP contribution in [-0.2, 0) is 16.0 Å². The Hall–Kier alpha value is -1.07. The lowest BCUT2D eigenvalue weighted by molar-refractivity contribution is -0.0924. The molecule has 1 aliphatic heterocycles. The van der Waals surface area contributed by atoms with Crippen LogP contribution in [0, 0.1) is 5.41 Å². The molecule has 0 spiro atoms. The van der Waals surface area contributed by atoms with Gasteiger partial charge in [0.05, 0.1) is 38.2 Å². The average Bonchev–Trinajstić information content (AvgIpc) is 2.69. The monoisotopic (exact) mass is 225 g/mol. The molecule has 2 heterocycles. The molecule has 0 amide bonds. The zero-order valence-electron chi connectivity index (χ0n) is 9.90. The molecular weight excluding hydrogens is 206 g/mol. The van der Waals surface area contributed by atoms with Crippen LogP contribution in [0.3, 0.4) is 0 Å². The van der Waals surface area contributed by atoms with Crippen molar-refractivity contribution < 1.29 is 9.47 Å². The molecule has 1 aromatic heterocycles. The third-order valence-electron chi connectivity index (χ3n) is 2.78. The van der Waals surface area contributed by atoms with Crippen LogP contribution >= 0.6 is 0 Å². The molecule has 16 heavy (non-hydrogen) atoms. The number of hydrogen-bond acceptors (Lipinski definition) is 4. The van der Waals surface area contributed by atoms with Gasteiger partial charge in [-0.05, 0) is 0 Å². The Labute approximate surface area is 95.7 Å². The summed E-state index contributed by atoms with van der Waals surface area (Å²) in [6, 6.07) is 0. The van der Waals surface area contributed by atoms with Gasteiger partial charge in [0.2, 0.25) is 0 Å². The SMILES string of the molecule is COCCn1cc(NCC2(C)COC2)cn1. The fourth-order valence-electron chi connectivity index (χ4n) is 1.63. The number of nitrogens with zero attached hydrogens (tertiary/aromatic N) is 2. The van der Waals surface area contributed by atoms with Crippen molar-refractivity contribution >= 4 is 5.69 Å². The Balaban J connectivity index is 1.78. The Morgan fingerprint density at radius 2 is 2.44 bits per heavy atom. The minimum absolute atomic E-state index is 0.286. The van der Waals surface area contributed by atoms with Crippen LogP contribution in [0.25, 0.3) is 0 Å². The van der Waals surface area contributed by atoms with Crippen molar-refractivity contribution in [2.75, 3.05) is 38.8 Å². The van der Waals surface area contributed by atoms with Crippen molar-refractivity contribution in [3.05, 3.63) is 12.4 Å². The standard InChI is InChI=1S/C11H19N3O2/c1-11(8-16-9-11)7-12-10-5-13-14(6-10)3-4-15-2/h5-6,12H,3-4,7-9H2,1-2H3. The lowest BCUT2D eigenvalue weighted by atomic mass is 9.89. The topological polar surface area (TPSA) is 48.3 Å². The summed E-state index contributed by atoms with van der Waals surface area (Å²) in [5, 5.41) is 7.62. The maximum Gasteiger partial charge on any atom is 0.0726 e. The molecule has 5 heteroatoms. The van der Waals surface area contributed by atoms with Gasteiger partial charge in [0.15, 0.2) is 0 Å². The van der Waals surface area contributed by atoms with Crippen LogP contribution in [0.2, 0.25) is 0 Å². The largest absolute Gasteiger partial charge is 0.383 e. The fraction of sp³-hybridized carbons (Fsp3) is 0.727. The summed E-state index contributed by atoms with van der Waals surface area (Å²) in [6.45, 7) is 6.32. The van der Waals surface area contributed by atoms with E-state index in [1.165, 1.54) is 0 Å². The third kappa shape index (κ3) is 2.74. The smallest absolute Gasteiger partial charge is 0.0726 e. The molecule has 1 saturated heterocycles. The molecule has 1 N–H and O–H groups in total. The fourth-order valence-corrected chi connectivity index (χ4v) is 1.63.